The van der Waals surface area contributed by atoms with Crippen molar-refractivity contribution in [1.29, 1.82) is 0 Å². The van der Waals surface area contributed by atoms with Gasteiger partial charge in [-0.25, -0.2) is 0 Å². The van der Waals surface area contributed by atoms with Crippen LogP contribution in [0.1, 0.15) is 30.2 Å². The van der Waals surface area contributed by atoms with Crippen molar-refractivity contribution in [3.8, 4) is 0 Å². The fraction of sp³-hybridized carbons (Fsp3) is 0.368. The summed E-state index contributed by atoms with van der Waals surface area (Å²) in [6.45, 7) is 7.91. The lowest BCUT2D eigenvalue weighted by Crippen LogP contribution is -2.25. The van der Waals surface area contributed by atoms with Gasteiger partial charge in [0.05, 0.1) is 5.25 Å². The van der Waals surface area contributed by atoms with Gasteiger partial charge < -0.3 is 4.90 Å². The van der Waals surface area contributed by atoms with E-state index in [4.69, 9.17) is 0 Å². The molecule has 0 atom stereocenters. The van der Waals surface area contributed by atoms with Crippen molar-refractivity contribution in [3.05, 3.63) is 71.8 Å². The average Bonchev–Trinajstić information content (AvgIpc) is 2.57. The molecule has 22 heavy (non-hydrogen) atoms. The summed E-state index contributed by atoms with van der Waals surface area (Å²) >= 11 is 2.05. The van der Waals surface area contributed by atoms with Crippen LogP contribution in [0.25, 0.3) is 0 Å². The predicted octanol–water partition coefficient (Wildman–Crippen LogP) is 5.27. The second-order valence-corrected chi connectivity index (χ2v) is 6.31. The minimum atomic E-state index is 0. The highest BCUT2D eigenvalue weighted by Crippen LogP contribution is 2.35. The zero-order valence-corrected chi connectivity index (χ0v) is 15.1. The van der Waals surface area contributed by atoms with E-state index in [2.05, 4.69) is 79.4 Å². The first-order chi connectivity index (χ1) is 10.3. The highest BCUT2D eigenvalue weighted by Gasteiger charge is 2.14. The van der Waals surface area contributed by atoms with Crippen LogP contribution < -0.4 is 0 Å². The minimum Gasteiger partial charge on any atom is -0.303 e. The van der Waals surface area contributed by atoms with E-state index in [1.165, 1.54) is 11.1 Å². The summed E-state index contributed by atoms with van der Waals surface area (Å²) in [5.41, 5.74) is 2.79. The monoisotopic (exact) mass is 335 g/mol. The van der Waals surface area contributed by atoms with E-state index >= 15 is 0 Å². The molecular weight excluding hydrogens is 310 g/mol. The molecule has 1 nitrogen and oxygen atoms in total. The van der Waals surface area contributed by atoms with Crippen molar-refractivity contribution in [2.45, 2.75) is 19.1 Å². The van der Waals surface area contributed by atoms with Gasteiger partial charge in [0.15, 0.2) is 0 Å². The van der Waals surface area contributed by atoms with E-state index in [-0.39, 0.29) is 12.4 Å². The standard InChI is InChI=1S/C19H25NS.ClH/c1-3-20(4-2)15-16-21-19(17-11-7-5-8-12-17)18-13-9-6-10-14-18;/h5-14,19H,3-4,15-16H2,1-2H3;1H. The molecule has 0 spiro atoms. The Morgan fingerprint density at radius 2 is 1.27 bits per heavy atom. The van der Waals surface area contributed by atoms with Crippen molar-refractivity contribution in [1.82, 2.24) is 4.90 Å². The van der Waals surface area contributed by atoms with Crippen LogP contribution in [0.4, 0.5) is 0 Å². The Hall–Kier alpha value is -0.960. The second kappa shape index (κ2) is 10.7. The lowest BCUT2D eigenvalue weighted by atomic mass is 10.0. The van der Waals surface area contributed by atoms with E-state index in [9.17, 15) is 0 Å². The summed E-state index contributed by atoms with van der Waals surface area (Å²) < 4.78 is 0. The fourth-order valence-electron chi connectivity index (χ4n) is 2.48. The van der Waals surface area contributed by atoms with Crippen LogP contribution >= 0.6 is 24.2 Å². The van der Waals surface area contributed by atoms with Gasteiger partial charge >= 0.3 is 0 Å². The van der Waals surface area contributed by atoms with Gasteiger partial charge in [-0.1, -0.05) is 74.5 Å². The van der Waals surface area contributed by atoms with E-state index < -0.39 is 0 Å². The predicted molar refractivity (Wildman–Crippen MR) is 102 cm³/mol. The van der Waals surface area contributed by atoms with Crippen LogP contribution in [0.3, 0.4) is 0 Å². The topological polar surface area (TPSA) is 3.24 Å². The Kier molecular flexibility index (Phi) is 9.30. The van der Waals surface area contributed by atoms with Gasteiger partial charge in [-0.3, -0.25) is 0 Å². The Morgan fingerprint density at radius 3 is 1.68 bits per heavy atom. The normalized spacial score (nSPS) is 10.7. The van der Waals surface area contributed by atoms with Crippen LogP contribution in [0.2, 0.25) is 0 Å². The zero-order chi connectivity index (χ0) is 14.9. The first-order valence-corrected chi connectivity index (χ1v) is 8.83. The lowest BCUT2D eigenvalue weighted by molar-refractivity contribution is 0.324. The molecule has 0 unspecified atom stereocenters. The van der Waals surface area contributed by atoms with Crippen molar-refractivity contribution < 1.29 is 0 Å². The first-order valence-electron chi connectivity index (χ1n) is 7.79. The van der Waals surface area contributed by atoms with Crippen LogP contribution in [0, 0.1) is 0 Å². The highest BCUT2D eigenvalue weighted by molar-refractivity contribution is 7.99. The number of halogens is 1. The van der Waals surface area contributed by atoms with E-state index in [1.807, 2.05) is 11.8 Å². The van der Waals surface area contributed by atoms with Gasteiger partial charge in [0.1, 0.15) is 0 Å². The third-order valence-corrected chi connectivity index (χ3v) is 5.09. The molecule has 0 heterocycles. The van der Waals surface area contributed by atoms with E-state index in [0.717, 1.165) is 25.4 Å². The third-order valence-electron chi connectivity index (χ3n) is 3.79. The van der Waals surface area contributed by atoms with Gasteiger partial charge in [-0.2, -0.15) is 0 Å². The van der Waals surface area contributed by atoms with Crippen LogP contribution in [0.5, 0.6) is 0 Å². The molecule has 3 heteroatoms. The molecule has 0 fully saturated rings. The van der Waals surface area contributed by atoms with Gasteiger partial charge in [0.25, 0.3) is 0 Å². The summed E-state index contributed by atoms with van der Waals surface area (Å²) in [5.74, 6) is 1.16. The minimum absolute atomic E-state index is 0. The summed E-state index contributed by atoms with van der Waals surface area (Å²) in [4.78, 5) is 2.49. The molecule has 0 aromatic heterocycles. The van der Waals surface area contributed by atoms with Gasteiger partial charge in [-0.15, -0.1) is 24.2 Å². The molecule has 120 valence electrons. The van der Waals surface area contributed by atoms with Crippen LogP contribution in [0.15, 0.2) is 60.7 Å². The van der Waals surface area contributed by atoms with Crippen molar-refractivity contribution in [3.63, 3.8) is 0 Å². The van der Waals surface area contributed by atoms with E-state index in [1.54, 1.807) is 0 Å². The maximum atomic E-state index is 2.49. The summed E-state index contributed by atoms with van der Waals surface area (Å²) in [6.07, 6.45) is 0. The average molecular weight is 336 g/mol. The number of benzene rings is 2. The first kappa shape index (κ1) is 19.1. The van der Waals surface area contributed by atoms with Gasteiger partial charge in [0, 0.05) is 12.3 Å². The Balaban J connectivity index is 0.00000242. The number of hydrogen-bond acceptors (Lipinski definition) is 2. The molecule has 0 aliphatic rings. The SMILES string of the molecule is CCN(CC)CCSC(c1ccccc1)c1ccccc1.Cl. The maximum absolute atomic E-state index is 2.49. The highest BCUT2D eigenvalue weighted by atomic mass is 35.5. The molecule has 0 aliphatic carbocycles. The Labute approximate surface area is 145 Å². The Morgan fingerprint density at radius 1 is 0.818 bits per heavy atom. The zero-order valence-electron chi connectivity index (χ0n) is 13.4. The molecule has 0 saturated carbocycles. The van der Waals surface area contributed by atoms with Gasteiger partial charge in [-0.05, 0) is 24.2 Å². The molecule has 2 aromatic rings. The van der Waals surface area contributed by atoms with Crippen molar-refractivity contribution >= 4 is 24.2 Å². The number of thioether (sulfide) groups is 1. The number of nitrogens with zero attached hydrogens (tertiary/aromatic N) is 1. The number of rotatable bonds is 8. The van der Waals surface area contributed by atoms with Crippen LogP contribution in [-0.4, -0.2) is 30.3 Å². The molecule has 0 saturated heterocycles. The van der Waals surface area contributed by atoms with Crippen LogP contribution in [-0.2, 0) is 0 Å². The molecule has 0 aliphatic heterocycles. The molecule has 0 amide bonds. The fourth-order valence-corrected chi connectivity index (χ4v) is 3.78. The maximum Gasteiger partial charge on any atom is 0.0547 e. The molecule has 0 bridgehead atoms. The second-order valence-electron chi connectivity index (χ2n) is 5.10. The van der Waals surface area contributed by atoms with E-state index in [0.29, 0.717) is 5.25 Å². The third kappa shape index (κ3) is 5.68. The van der Waals surface area contributed by atoms with Crippen molar-refractivity contribution in [2.75, 3.05) is 25.4 Å². The number of hydrogen-bond donors (Lipinski definition) is 0. The summed E-state index contributed by atoms with van der Waals surface area (Å²) in [7, 11) is 0. The molecule has 0 N–H and O–H groups in total. The van der Waals surface area contributed by atoms with Gasteiger partial charge in [0.2, 0.25) is 0 Å². The summed E-state index contributed by atoms with van der Waals surface area (Å²) in [5, 5.41) is 0.433. The molecule has 0 radical (unpaired) electrons. The summed E-state index contributed by atoms with van der Waals surface area (Å²) in [6, 6.07) is 21.7. The molecule has 2 rings (SSSR count). The largest absolute Gasteiger partial charge is 0.303 e. The lowest BCUT2D eigenvalue weighted by Gasteiger charge is -2.21. The molecule has 2 aromatic carbocycles. The van der Waals surface area contributed by atoms with Crippen molar-refractivity contribution in [2.24, 2.45) is 0 Å². The molecular formula is C19H26ClNS. The smallest absolute Gasteiger partial charge is 0.0547 e. The Bertz CT molecular complexity index is 460. The quantitative estimate of drug-likeness (QED) is 0.646.